The molecule has 1 atom stereocenters. The molecule has 0 aliphatic rings. The van der Waals surface area contributed by atoms with E-state index in [-0.39, 0.29) is 6.54 Å². The van der Waals surface area contributed by atoms with E-state index >= 15 is 0 Å². The molecule has 0 radical (unpaired) electrons. The van der Waals surface area contributed by atoms with Gasteiger partial charge in [-0.3, -0.25) is 9.59 Å². The molecule has 0 heterocycles. The lowest BCUT2D eigenvalue weighted by molar-refractivity contribution is -0.136. The van der Waals surface area contributed by atoms with E-state index in [1.165, 1.54) is 0 Å². The van der Waals surface area contributed by atoms with E-state index in [1.807, 2.05) is 13.0 Å². The van der Waals surface area contributed by atoms with Gasteiger partial charge in [0.1, 0.15) is 0 Å². The Bertz CT molecular complexity index is 718. The van der Waals surface area contributed by atoms with Gasteiger partial charge in [0.15, 0.2) is 0 Å². The topological polar surface area (TPSA) is 78.4 Å². The highest BCUT2D eigenvalue weighted by atomic mass is 35.5. The summed E-state index contributed by atoms with van der Waals surface area (Å²) in [4.78, 5) is 23.6. The molecule has 6 heteroatoms. The second kappa shape index (κ2) is 7.76. The summed E-state index contributed by atoms with van der Waals surface area (Å²) in [7, 11) is 0. The van der Waals surface area contributed by atoms with Gasteiger partial charge in [-0.15, -0.1) is 0 Å². The zero-order valence-corrected chi connectivity index (χ0v) is 13.3. The zero-order valence-electron chi connectivity index (χ0n) is 12.5. The Kier molecular flexibility index (Phi) is 5.73. The van der Waals surface area contributed by atoms with Crippen molar-refractivity contribution in [2.45, 2.75) is 13.0 Å². The fourth-order valence-corrected chi connectivity index (χ4v) is 2.30. The van der Waals surface area contributed by atoms with Gasteiger partial charge in [-0.1, -0.05) is 41.9 Å². The van der Waals surface area contributed by atoms with Crippen molar-refractivity contribution in [1.82, 2.24) is 5.32 Å². The molecule has 5 nitrogen and oxygen atoms in total. The standard InChI is InChI=1S/C17H17ClN2O3/c1-11-5-4-6-12(9-11)20-17(23)16(22)19-10-15(21)13-7-2-3-8-14(13)18/h2-9,15,21H,10H2,1H3,(H,19,22)(H,20,23). The first-order valence-electron chi connectivity index (χ1n) is 7.05. The summed E-state index contributed by atoms with van der Waals surface area (Å²) in [5.41, 5.74) is 2.00. The van der Waals surface area contributed by atoms with Gasteiger partial charge in [-0.25, -0.2) is 0 Å². The Balaban J connectivity index is 1.89. The highest BCUT2D eigenvalue weighted by Crippen LogP contribution is 2.21. The molecule has 0 bridgehead atoms. The van der Waals surface area contributed by atoms with E-state index in [9.17, 15) is 14.7 Å². The molecule has 2 rings (SSSR count). The van der Waals surface area contributed by atoms with Crippen LogP contribution in [0.5, 0.6) is 0 Å². The summed E-state index contributed by atoms with van der Waals surface area (Å²) in [6.07, 6.45) is -0.987. The summed E-state index contributed by atoms with van der Waals surface area (Å²) < 4.78 is 0. The average Bonchev–Trinajstić information content (AvgIpc) is 2.52. The zero-order chi connectivity index (χ0) is 16.8. The molecule has 1 unspecified atom stereocenters. The predicted molar refractivity (Wildman–Crippen MR) is 89.2 cm³/mol. The maximum atomic E-state index is 11.8. The minimum Gasteiger partial charge on any atom is -0.387 e. The maximum absolute atomic E-state index is 11.8. The number of hydrogen-bond acceptors (Lipinski definition) is 3. The first-order valence-corrected chi connectivity index (χ1v) is 7.43. The van der Waals surface area contributed by atoms with Crippen LogP contribution in [0.4, 0.5) is 5.69 Å². The van der Waals surface area contributed by atoms with Gasteiger partial charge < -0.3 is 15.7 Å². The van der Waals surface area contributed by atoms with Crippen LogP contribution in [0.25, 0.3) is 0 Å². The number of halogens is 1. The van der Waals surface area contributed by atoms with Crippen molar-refractivity contribution in [1.29, 1.82) is 0 Å². The summed E-state index contributed by atoms with van der Waals surface area (Å²) in [6.45, 7) is 1.78. The number of nitrogens with one attached hydrogen (secondary N) is 2. The number of rotatable bonds is 4. The lowest BCUT2D eigenvalue weighted by Gasteiger charge is -2.13. The molecule has 0 fully saturated rings. The van der Waals surface area contributed by atoms with Gasteiger partial charge in [0.25, 0.3) is 0 Å². The molecule has 0 aromatic heterocycles. The average molecular weight is 333 g/mol. The summed E-state index contributed by atoms with van der Waals surface area (Å²) >= 11 is 5.97. The quantitative estimate of drug-likeness (QED) is 0.752. The molecule has 3 N–H and O–H groups in total. The number of carbonyl (C=O) groups is 2. The number of benzene rings is 2. The number of aryl methyl sites for hydroxylation is 1. The number of amides is 2. The third-order valence-electron chi connectivity index (χ3n) is 3.20. The molecule has 2 amide bonds. The smallest absolute Gasteiger partial charge is 0.313 e. The van der Waals surface area contributed by atoms with Crippen molar-refractivity contribution in [2.75, 3.05) is 11.9 Å². The molecule has 0 aliphatic carbocycles. The van der Waals surface area contributed by atoms with Crippen LogP contribution in [-0.4, -0.2) is 23.5 Å². The monoisotopic (exact) mass is 332 g/mol. The molecule has 2 aromatic carbocycles. The van der Waals surface area contributed by atoms with Crippen molar-refractivity contribution >= 4 is 29.1 Å². The van der Waals surface area contributed by atoms with Gasteiger partial charge in [0, 0.05) is 22.8 Å². The number of anilines is 1. The van der Waals surface area contributed by atoms with Gasteiger partial charge in [0.05, 0.1) is 6.10 Å². The third-order valence-corrected chi connectivity index (χ3v) is 3.55. The normalized spacial score (nSPS) is 11.6. The van der Waals surface area contributed by atoms with E-state index in [0.717, 1.165) is 5.56 Å². The molecule has 0 spiro atoms. The molecule has 0 aliphatic heterocycles. The first kappa shape index (κ1) is 17.0. The molecular formula is C17H17ClN2O3. The maximum Gasteiger partial charge on any atom is 0.313 e. The summed E-state index contributed by atoms with van der Waals surface area (Å²) in [6, 6.07) is 13.9. The van der Waals surface area contributed by atoms with Crippen molar-refractivity contribution in [3.63, 3.8) is 0 Å². The van der Waals surface area contributed by atoms with Crippen molar-refractivity contribution < 1.29 is 14.7 Å². The predicted octanol–water partition coefficient (Wildman–Crippen LogP) is 2.44. The lowest BCUT2D eigenvalue weighted by Crippen LogP contribution is -2.37. The van der Waals surface area contributed by atoms with Crippen LogP contribution < -0.4 is 10.6 Å². The van der Waals surface area contributed by atoms with Crippen LogP contribution in [0, 0.1) is 6.92 Å². The first-order chi connectivity index (χ1) is 11.0. The van der Waals surface area contributed by atoms with Gasteiger partial charge in [-0.05, 0) is 30.7 Å². The molecule has 0 saturated heterocycles. The minimum atomic E-state index is -0.987. The second-order valence-corrected chi connectivity index (χ2v) is 5.48. The molecule has 0 saturated carbocycles. The van der Waals surface area contributed by atoms with Gasteiger partial charge >= 0.3 is 11.8 Å². The van der Waals surface area contributed by atoms with E-state index in [1.54, 1.807) is 42.5 Å². The molecule has 120 valence electrons. The Morgan fingerprint density at radius 1 is 1.13 bits per heavy atom. The van der Waals surface area contributed by atoms with Crippen molar-refractivity contribution in [3.05, 3.63) is 64.7 Å². The van der Waals surface area contributed by atoms with Crippen LogP contribution in [0.2, 0.25) is 5.02 Å². The van der Waals surface area contributed by atoms with E-state index in [4.69, 9.17) is 11.6 Å². The Hall–Kier alpha value is -2.37. The van der Waals surface area contributed by atoms with Gasteiger partial charge in [-0.2, -0.15) is 0 Å². The SMILES string of the molecule is Cc1cccc(NC(=O)C(=O)NCC(O)c2ccccc2Cl)c1. The minimum absolute atomic E-state index is 0.107. The fraction of sp³-hybridized carbons (Fsp3) is 0.176. The van der Waals surface area contributed by atoms with Crippen LogP contribution in [0.1, 0.15) is 17.2 Å². The van der Waals surface area contributed by atoms with Crippen LogP contribution in [0.3, 0.4) is 0 Å². The van der Waals surface area contributed by atoms with E-state index < -0.39 is 17.9 Å². The van der Waals surface area contributed by atoms with Crippen molar-refractivity contribution in [3.8, 4) is 0 Å². The van der Waals surface area contributed by atoms with Crippen LogP contribution in [-0.2, 0) is 9.59 Å². The number of hydrogen-bond donors (Lipinski definition) is 3. The van der Waals surface area contributed by atoms with Crippen LogP contribution in [0.15, 0.2) is 48.5 Å². The number of aliphatic hydroxyl groups is 1. The van der Waals surface area contributed by atoms with E-state index in [0.29, 0.717) is 16.3 Å². The highest BCUT2D eigenvalue weighted by molar-refractivity contribution is 6.39. The van der Waals surface area contributed by atoms with Crippen molar-refractivity contribution in [2.24, 2.45) is 0 Å². The third kappa shape index (κ3) is 4.81. The Morgan fingerprint density at radius 2 is 1.87 bits per heavy atom. The fourth-order valence-electron chi connectivity index (χ4n) is 2.04. The summed E-state index contributed by atoms with van der Waals surface area (Å²) in [5, 5.41) is 15.3. The summed E-state index contributed by atoms with van der Waals surface area (Å²) in [5.74, 6) is -1.61. The molecule has 23 heavy (non-hydrogen) atoms. The Morgan fingerprint density at radius 3 is 2.57 bits per heavy atom. The lowest BCUT2D eigenvalue weighted by atomic mass is 10.1. The van der Waals surface area contributed by atoms with E-state index in [2.05, 4.69) is 10.6 Å². The Labute approximate surface area is 139 Å². The molecule has 2 aromatic rings. The number of carbonyl (C=O) groups excluding carboxylic acids is 2. The number of aliphatic hydroxyl groups excluding tert-OH is 1. The van der Waals surface area contributed by atoms with Crippen LogP contribution >= 0.6 is 11.6 Å². The highest BCUT2D eigenvalue weighted by Gasteiger charge is 2.17. The van der Waals surface area contributed by atoms with Gasteiger partial charge in [0.2, 0.25) is 0 Å². The second-order valence-electron chi connectivity index (χ2n) is 5.07. The molecular weight excluding hydrogens is 316 g/mol. The largest absolute Gasteiger partial charge is 0.387 e.